The van der Waals surface area contributed by atoms with Gasteiger partial charge in [0.2, 0.25) is 0 Å². The van der Waals surface area contributed by atoms with Crippen molar-refractivity contribution in [3.8, 4) is 0 Å². The fraction of sp³-hybridized carbons (Fsp3) is 0.750. The number of rotatable bonds is 2. The predicted octanol–water partition coefficient (Wildman–Crippen LogP) is 0.809. The first-order valence-corrected chi connectivity index (χ1v) is 6.37. The predicted molar refractivity (Wildman–Crippen MR) is 65.8 cm³/mol. The Hall–Kier alpha value is -1.07. The highest BCUT2D eigenvalue weighted by Gasteiger charge is 2.30. The van der Waals surface area contributed by atoms with Gasteiger partial charge in [-0.25, -0.2) is 0 Å². The molecular weight excluding hydrogens is 216 g/mol. The van der Waals surface area contributed by atoms with Crippen molar-refractivity contribution in [2.45, 2.75) is 31.8 Å². The van der Waals surface area contributed by atoms with Crippen molar-refractivity contribution in [1.29, 1.82) is 0 Å². The molecule has 2 fully saturated rings. The van der Waals surface area contributed by atoms with Crippen LogP contribution in [0.3, 0.4) is 0 Å². The summed E-state index contributed by atoms with van der Waals surface area (Å²) in [5.41, 5.74) is 7.59. The Bertz CT molecular complexity index is 372. The molecule has 0 aromatic carbocycles. The molecule has 1 aromatic rings. The lowest BCUT2D eigenvalue weighted by Crippen LogP contribution is -2.51. The van der Waals surface area contributed by atoms with Crippen LogP contribution in [0.15, 0.2) is 6.20 Å². The van der Waals surface area contributed by atoms with E-state index in [1.165, 1.54) is 0 Å². The second kappa shape index (κ2) is 4.31. The molecule has 2 aliphatic heterocycles. The van der Waals surface area contributed by atoms with Gasteiger partial charge in [-0.1, -0.05) is 0 Å². The maximum atomic E-state index is 5.84. The van der Waals surface area contributed by atoms with Crippen LogP contribution in [0.5, 0.6) is 0 Å². The molecule has 0 saturated carbocycles. The summed E-state index contributed by atoms with van der Waals surface area (Å²) in [7, 11) is 0. The van der Waals surface area contributed by atoms with Gasteiger partial charge in [-0.15, -0.1) is 0 Å². The average molecular weight is 236 g/mol. The van der Waals surface area contributed by atoms with E-state index in [1.807, 2.05) is 13.1 Å². The minimum absolute atomic E-state index is 0.517. The molecular formula is C12H20N4O. The molecule has 0 atom stereocenters. The monoisotopic (exact) mass is 236 g/mol. The Kier molecular flexibility index (Phi) is 2.80. The van der Waals surface area contributed by atoms with Crippen LogP contribution >= 0.6 is 0 Å². The van der Waals surface area contributed by atoms with Gasteiger partial charge in [-0.3, -0.25) is 9.58 Å². The van der Waals surface area contributed by atoms with Crippen molar-refractivity contribution in [3.63, 3.8) is 0 Å². The van der Waals surface area contributed by atoms with Crippen molar-refractivity contribution in [1.82, 2.24) is 14.7 Å². The van der Waals surface area contributed by atoms with E-state index in [4.69, 9.17) is 10.5 Å². The van der Waals surface area contributed by atoms with Gasteiger partial charge in [-0.2, -0.15) is 5.10 Å². The number of ether oxygens (including phenoxy) is 1. The Balaban J connectivity index is 1.60. The molecule has 0 unspecified atom stereocenters. The maximum absolute atomic E-state index is 5.84. The van der Waals surface area contributed by atoms with Gasteiger partial charge in [0.25, 0.3) is 0 Å². The highest BCUT2D eigenvalue weighted by Crippen LogP contribution is 2.26. The highest BCUT2D eigenvalue weighted by molar-refractivity contribution is 5.39. The number of hydrogen-bond acceptors (Lipinski definition) is 4. The van der Waals surface area contributed by atoms with E-state index in [0.717, 1.165) is 50.5 Å². The summed E-state index contributed by atoms with van der Waals surface area (Å²) in [6.07, 6.45) is 4.30. The molecule has 2 aliphatic rings. The van der Waals surface area contributed by atoms with Crippen molar-refractivity contribution >= 4 is 5.69 Å². The van der Waals surface area contributed by atoms with Gasteiger partial charge in [0, 0.05) is 19.3 Å². The highest BCUT2D eigenvalue weighted by atomic mass is 16.5. The fourth-order valence-electron chi connectivity index (χ4n) is 2.63. The van der Waals surface area contributed by atoms with E-state index < -0.39 is 0 Å². The third kappa shape index (κ3) is 2.05. The topological polar surface area (TPSA) is 56.3 Å². The van der Waals surface area contributed by atoms with Gasteiger partial charge in [0.1, 0.15) is 0 Å². The number of aromatic nitrogens is 2. The smallest absolute Gasteiger partial charge is 0.0823 e. The van der Waals surface area contributed by atoms with E-state index in [2.05, 4.69) is 14.7 Å². The minimum Gasteiger partial charge on any atom is -0.396 e. The second-order valence-corrected chi connectivity index (χ2v) is 5.11. The molecule has 5 heteroatoms. The number of nitrogens with two attached hydrogens (primary N) is 1. The lowest BCUT2D eigenvalue weighted by Gasteiger charge is -2.41. The summed E-state index contributed by atoms with van der Waals surface area (Å²) in [5, 5.41) is 4.49. The Morgan fingerprint density at radius 3 is 2.47 bits per heavy atom. The third-order valence-corrected chi connectivity index (χ3v) is 3.96. The van der Waals surface area contributed by atoms with Gasteiger partial charge >= 0.3 is 0 Å². The normalized spacial score (nSPS) is 23.8. The van der Waals surface area contributed by atoms with Crippen molar-refractivity contribution in [2.24, 2.45) is 0 Å². The standard InChI is InChI=1S/C12H20N4O/c1-9-12(13)6-16(14-9)10-2-4-15(5-3-10)11-7-17-8-11/h6,10-11H,2-5,7-8,13H2,1H3. The van der Waals surface area contributed by atoms with Crippen molar-refractivity contribution in [2.75, 3.05) is 32.0 Å². The number of nitrogen functional groups attached to an aromatic ring is 1. The molecule has 0 aliphatic carbocycles. The van der Waals surface area contributed by atoms with Crippen LogP contribution in [-0.2, 0) is 4.74 Å². The average Bonchev–Trinajstić information content (AvgIpc) is 2.58. The molecule has 2 N–H and O–H groups in total. The Morgan fingerprint density at radius 1 is 1.29 bits per heavy atom. The van der Waals surface area contributed by atoms with Crippen LogP contribution in [0, 0.1) is 6.92 Å². The van der Waals surface area contributed by atoms with Gasteiger partial charge in [-0.05, 0) is 19.8 Å². The number of anilines is 1. The van der Waals surface area contributed by atoms with Gasteiger partial charge in [0.05, 0.1) is 36.7 Å². The molecule has 2 saturated heterocycles. The van der Waals surface area contributed by atoms with Crippen LogP contribution in [0.25, 0.3) is 0 Å². The van der Waals surface area contributed by atoms with Gasteiger partial charge < -0.3 is 10.5 Å². The molecule has 5 nitrogen and oxygen atoms in total. The summed E-state index contributed by atoms with van der Waals surface area (Å²) in [6, 6.07) is 1.18. The lowest BCUT2D eigenvalue weighted by molar-refractivity contribution is -0.0734. The Labute approximate surface area is 102 Å². The van der Waals surface area contributed by atoms with Crippen LogP contribution < -0.4 is 5.73 Å². The summed E-state index contributed by atoms with van der Waals surface area (Å²) >= 11 is 0. The zero-order chi connectivity index (χ0) is 11.8. The molecule has 1 aromatic heterocycles. The zero-order valence-corrected chi connectivity index (χ0v) is 10.3. The van der Waals surface area contributed by atoms with Crippen LogP contribution in [0.4, 0.5) is 5.69 Å². The molecule has 0 spiro atoms. The van der Waals surface area contributed by atoms with Crippen LogP contribution in [-0.4, -0.2) is 47.0 Å². The third-order valence-electron chi connectivity index (χ3n) is 3.96. The summed E-state index contributed by atoms with van der Waals surface area (Å²) in [5.74, 6) is 0. The quantitative estimate of drug-likeness (QED) is 0.825. The summed E-state index contributed by atoms with van der Waals surface area (Å²) in [6.45, 7) is 6.10. The Morgan fingerprint density at radius 2 is 2.00 bits per heavy atom. The fourth-order valence-corrected chi connectivity index (χ4v) is 2.63. The second-order valence-electron chi connectivity index (χ2n) is 5.11. The SMILES string of the molecule is Cc1nn(C2CCN(C3COC3)CC2)cc1N. The molecule has 3 rings (SSSR count). The first-order chi connectivity index (χ1) is 8.24. The van der Waals surface area contributed by atoms with E-state index in [9.17, 15) is 0 Å². The van der Waals surface area contributed by atoms with Crippen LogP contribution in [0.1, 0.15) is 24.6 Å². The van der Waals surface area contributed by atoms with Gasteiger partial charge in [0.15, 0.2) is 0 Å². The summed E-state index contributed by atoms with van der Waals surface area (Å²) in [4.78, 5) is 2.54. The molecule has 0 radical (unpaired) electrons. The molecule has 17 heavy (non-hydrogen) atoms. The first-order valence-electron chi connectivity index (χ1n) is 6.37. The maximum Gasteiger partial charge on any atom is 0.0823 e. The zero-order valence-electron chi connectivity index (χ0n) is 10.3. The van der Waals surface area contributed by atoms with E-state index in [0.29, 0.717) is 12.1 Å². The number of aryl methyl sites for hydroxylation is 1. The minimum atomic E-state index is 0.517. The van der Waals surface area contributed by atoms with Crippen LogP contribution in [0.2, 0.25) is 0 Å². The number of piperidine rings is 1. The molecule has 3 heterocycles. The van der Waals surface area contributed by atoms with E-state index in [-0.39, 0.29) is 0 Å². The van der Waals surface area contributed by atoms with Crippen molar-refractivity contribution in [3.05, 3.63) is 11.9 Å². The summed E-state index contributed by atoms with van der Waals surface area (Å²) < 4.78 is 7.30. The van der Waals surface area contributed by atoms with E-state index >= 15 is 0 Å². The number of nitrogens with zero attached hydrogens (tertiary/aromatic N) is 3. The molecule has 94 valence electrons. The largest absolute Gasteiger partial charge is 0.396 e. The lowest BCUT2D eigenvalue weighted by atomic mass is 10.0. The first kappa shape index (κ1) is 11.0. The number of likely N-dealkylation sites (tertiary alicyclic amines) is 1. The molecule has 0 bridgehead atoms. The number of hydrogen-bond donors (Lipinski definition) is 1. The molecule has 0 amide bonds. The van der Waals surface area contributed by atoms with Crippen molar-refractivity contribution < 1.29 is 4.74 Å². The van der Waals surface area contributed by atoms with E-state index in [1.54, 1.807) is 0 Å².